The Morgan fingerprint density at radius 1 is 1.50 bits per heavy atom. The Bertz CT molecular complexity index is 314. The molecule has 0 radical (unpaired) electrons. The van der Waals surface area contributed by atoms with E-state index in [0.29, 0.717) is 5.92 Å². The van der Waals surface area contributed by atoms with Crippen molar-refractivity contribution in [1.29, 1.82) is 0 Å². The van der Waals surface area contributed by atoms with Gasteiger partial charge in [0.2, 0.25) is 5.88 Å². The molecule has 1 aromatic rings. The molecule has 0 bridgehead atoms. The van der Waals surface area contributed by atoms with Crippen LogP contribution in [0.4, 0.5) is 0 Å². The fraction of sp³-hybridized carbons (Fsp3) is 0.583. The number of hydrogen-bond donors (Lipinski definition) is 1. The minimum absolute atomic E-state index is 0. The van der Waals surface area contributed by atoms with E-state index >= 15 is 0 Å². The average molecular weight is 243 g/mol. The third-order valence-electron chi connectivity index (χ3n) is 2.73. The summed E-state index contributed by atoms with van der Waals surface area (Å²) in [6, 6.07) is 5.88. The zero-order chi connectivity index (χ0) is 10.5. The number of halogens is 1. The Morgan fingerprint density at radius 3 is 3.06 bits per heavy atom. The molecule has 2 rings (SSSR count). The molecule has 1 aliphatic rings. The van der Waals surface area contributed by atoms with Crippen molar-refractivity contribution in [3.05, 3.63) is 23.9 Å². The summed E-state index contributed by atoms with van der Waals surface area (Å²) in [6.07, 6.45) is 2.52. The number of aromatic nitrogens is 1. The second-order valence-electron chi connectivity index (χ2n) is 4.14. The van der Waals surface area contributed by atoms with Crippen molar-refractivity contribution in [3.63, 3.8) is 0 Å². The van der Waals surface area contributed by atoms with Gasteiger partial charge < -0.3 is 10.1 Å². The number of nitrogens with zero attached hydrogens (tertiary/aromatic N) is 1. The molecule has 1 atom stereocenters. The van der Waals surface area contributed by atoms with Crippen molar-refractivity contribution in [2.75, 3.05) is 19.7 Å². The van der Waals surface area contributed by atoms with Crippen LogP contribution in [0.25, 0.3) is 0 Å². The van der Waals surface area contributed by atoms with Gasteiger partial charge >= 0.3 is 0 Å². The molecule has 1 unspecified atom stereocenters. The summed E-state index contributed by atoms with van der Waals surface area (Å²) in [4.78, 5) is 4.31. The highest BCUT2D eigenvalue weighted by atomic mass is 35.5. The maximum atomic E-state index is 5.68. The lowest BCUT2D eigenvalue weighted by molar-refractivity contribution is 0.212. The molecule has 1 N–H and O–H groups in total. The standard InChI is InChI=1S/C12H18N2O.ClH/c1-10-4-2-6-12(14-10)15-9-11-5-3-7-13-8-11;/h2,4,6,11,13H,3,5,7-9H2,1H3;1H. The van der Waals surface area contributed by atoms with Gasteiger partial charge in [-0.2, -0.15) is 0 Å². The van der Waals surface area contributed by atoms with Gasteiger partial charge in [-0.1, -0.05) is 6.07 Å². The van der Waals surface area contributed by atoms with Gasteiger partial charge in [0.05, 0.1) is 6.61 Å². The van der Waals surface area contributed by atoms with E-state index in [9.17, 15) is 0 Å². The second-order valence-corrected chi connectivity index (χ2v) is 4.14. The third-order valence-corrected chi connectivity index (χ3v) is 2.73. The van der Waals surface area contributed by atoms with Crippen LogP contribution >= 0.6 is 12.4 Å². The summed E-state index contributed by atoms with van der Waals surface area (Å²) in [5, 5.41) is 3.38. The summed E-state index contributed by atoms with van der Waals surface area (Å²) in [7, 11) is 0. The highest BCUT2D eigenvalue weighted by Crippen LogP contribution is 2.13. The Labute approximate surface area is 103 Å². The molecule has 1 saturated heterocycles. The SMILES string of the molecule is Cc1cccc(OCC2CCCNC2)n1.Cl. The lowest BCUT2D eigenvalue weighted by atomic mass is 10.0. The summed E-state index contributed by atoms with van der Waals surface area (Å²) < 4.78 is 5.68. The van der Waals surface area contributed by atoms with Crippen molar-refractivity contribution >= 4 is 12.4 Å². The predicted octanol–water partition coefficient (Wildman–Crippen LogP) is 2.19. The fourth-order valence-corrected chi connectivity index (χ4v) is 1.87. The maximum Gasteiger partial charge on any atom is 0.213 e. The molecule has 3 nitrogen and oxygen atoms in total. The molecule has 0 aliphatic carbocycles. The Balaban J connectivity index is 0.00000128. The minimum Gasteiger partial charge on any atom is -0.477 e. The van der Waals surface area contributed by atoms with Crippen molar-refractivity contribution in [2.45, 2.75) is 19.8 Å². The normalized spacial score (nSPS) is 19.9. The van der Waals surface area contributed by atoms with Gasteiger partial charge in [-0.25, -0.2) is 4.98 Å². The van der Waals surface area contributed by atoms with Gasteiger partial charge in [0, 0.05) is 24.2 Å². The van der Waals surface area contributed by atoms with Gasteiger partial charge in [-0.15, -0.1) is 12.4 Å². The van der Waals surface area contributed by atoms with E-state index in [-0.39, 0.29) is 12.4 Å². The Morgan fingerprint density at radius 2 is 2.38 bits per heavy atom. The van der Waals surface area contributed by atoms with Gasteiger partial charge in [0.15, 0.2) is 0 Å². The van der Waals surface area contributed by atoms with E-state index in [4.69, 9.17) is 4.74 Å². The van der Waals surface area contributed by atoms with Crippen molar-refractivity contribution < 1.29 is 4.74 Å². The number of nitrogens with one attached hydrogen (secondary N) is 1. The first kappa shape index (κ1) is 13.3. The topological polar surface area (TPSA) is 34.1 Å². The largest absolute Gasteiger partial charge is 0.477 e. The lowest BCUT2D eigenvalue weighted by Crippen LogP contribution is -2.33. The van der Waals surface area contributed by atoms with E-state index in [1.807, 2.05) is 25.1 Å². The van der Waals surface area contributed by atoms with E-state index in [0.717, 1.165) is 31.3 Å². The second kappa shape index (κ2) is 6.71. The Kier molecular flexibility index (Phi) is 5.56. The van der Waals surface area contributed by atoms with Crippen molar-refractivity contribution in [1.82, 2.24) is 10.3 Å². The summed E-state index contributed by atoms with van der Waals surface area (Å²) >= 11 is 0. The Hall–Kier alpha value is -0.800. The van der Waals surface area contributed by atoms with E-state index in [1.54, 1.807) is 0 Å². The lowest BCUT2D eigenvalue weighted by Gasteiger charge is -2.22. The van der Waals surface area contributed by atoms with E-state index in [2.05, 4.69) is 10.3 Å². The molecule has 1 fully saturated rings. The van der Waals surface area contributed by atoms with Crippen LogP contribution in [0, 0.1) is 12.8 Å². The van der Waals surface area contributed by atoms with Crippen LogP contribution in [0.3, 0.4) is 0 Å². The number of piperidine rings is 1. The van der Waals surface area contributed by atoms with Crippen LogP contribution in [0.15, 0.2) is 18.2 Å². The van der Waals surface area contributed by atoms with Crippen LogP contribution in [-0.2, 0) is 0 Å². The third kappa shape index (κ3) is 3.99. The predicted molar refractivity (Wildman–Crippen MR) is 67.3 cm³/mol. The van der Waals surface area contributed by atoms with Gasteiger partial charge in [-0.3, -0.25) is 0 Å². The average Bonchev–Trinajstić information content (AvgIpc) is 2.28. The molecule has 4 heteroatoms. The summed E-state index contributed by atoms with van der Waals surface area (Å²) in [5.41, 5.74) is 1.01. The quantitative estimate of drug-likeness (QED) is 0.883. The van der Waals surface area contributed by atoms with Crippen molar-refractivity contribution in [3.8, 4) is 5.88 Å². The van der Waals surface area contributed by atoms with E-state index < -0.39 is 0 Å². The first-order valence-corrected chi connectivity index (χ1v) is 5.62. The number of ether oxygens (including phenoxy) is 1. The molecular formula is C12H19ClN2O. The summed E-state index contributed by atoms with van der Waals surface area (Å²) in [6.45, 7) is 4.99. The number of aryl methyl sites for hydroxylation is 1. The first-order valence-electron chi connectivity index (χ1n) is 5.62. The fourth-order valence-electron chi connectivity index (χ4n) is 1.87. The first-order chi connectivity index (χ1) is 7.34. The molecule has 1 aromatic heterocycles. The highest BCUT2D eigenvalue weighted by Gasteiger charge is 2.13. The molecule has 1 aliphatic heterocycles. The number of pyridine rings is 1. The van der Waals surface area contributed by atoms with Gasteiger partial charge in [0.25, 0.3) is 0 Å². The van der Waals surface area contributed by atoms with Gasteiger partial charge in [0.1, 0.15) is 0 Å². The minimum atomic E-state index is 0. The zero-order valence-corrected chi connectivity index (χ0v) is 10.4. The molecule has 0 spiro atoms. The van der Waals surface area contributed by atoms with E-state index in [1.165, 1.54) is 12.8 Å². The van der Waals surface area contributed by atoms with Crippen LogP contribution in [-0.4, -0.2) is 24.7 Å². The smallest absolute Gasteiger partial charge is 0.213 e. The van der Waals surface area contributed by atoms with Crippen LogP contribution < -0.4 is 10.1 Å². The van der Waals surface area contributed by atoms with Crippen LogP contribution in [0.2, 0.25) is 0 Å². The summed E-state index contributed by atoms with van der Waals surface area (Å²) in [5.74, 6) is 1.39. The van der Waals surface area contributed by atoms with Crippen LogP contribution in [0.1, 0.15) is 18.5 Å². The molecule has 0 amide bonds. The maximum absolute atomic E-state index is 5.68. The number of hydrogen-bond acceptors (Lipinski definition) is 3. The number of rotatable bonds is 3. The van der Waals surface area contributed by atoms with Gasteiger partial charge in [-0.05, 0) is 32.4 Å². The molecule has 2 heterocycles. The molecular weight excluding hydrogens is 224 g/mol. The van der Waals surface area contributed by atoms with Crippen LogP contribution in [0.5, 0.6) is 5.88 Å². The van der Waals surface area contributed by atoms with Crippen molar-refractivity contribution in [2.24, 2.45) is 5.92 Å². The molecule has 16 heavy (non-hydrogen) atoms. The molecule has 0 aromatic carbocycles. The monoisotopic (exact) mass is 242 g/mol. The highest BCUT2D eigenvalue weighted by molar-refractivity contribution is 5.85. The zero-order valence-electron chi connectivity index (χ0n) is 9.61. The molecule has 0 saturated carbocycles. The molecule has 90 valence electrons.